The Morgan fingerprint density at radius 3 is 2.38 bits per heavy atom. The van der Waals surface area contributed by atoms with Crippen LogP contribution in [-0.2, 0) is 9.47 Å². The number of hydrogen-bond acceptors (Lipinski definition) is 3. The zero-order chi connectivity index (χ0) is 12.1. The second-order valence-electron chi connectivity index (χ2n) is 3.63. The van der Waals surface area contributed by atoms with Gasteiger partial charge in [0.2, 0.25) is 0 Å². The number of nitrogens with one attached hydrogen (secondary N) is 1. The van der Waals surface area contributed by atoms with E-state index in [9.17, 15) is 4.39 Å². The van der Waals surface area contributed by atoms with Crippen molar-refractivity contribution in [3.05, 3.63) is 35.1 Å². The van der Waals surface area contributed by atoms with Crippen LogP contribution in [0.1, 0.15) is 17.2 Å². The third-order valence-electron chi connectivity index (χ3n) is 2.53. The van der Waals surface area contributed by atoms with Crippen LogP contribution in [0, 0.1) is 12.7 Å². The highest BCUT2D eigenvalue weighted by molar-refractivity contribution is 5.27. The van der Waals surface area contributed by atoms with Gasteiger partial charge in [-0.25, -0.2) is 4.39 Å². The lowest BCUT2D eigenvalue weighted by Gasteiger charge is -2.25. The van der Waals surface area contributed by atoms with Gasteiger partial charge in [0.05, 0.1) is 6.04 Å². The van der Waals surface area contributed by atoms with Crippen LogP contribution in [-0.4, -0.2) is 27.6 Å². The highest BCUT2D eigenvalue weighted by Gasteiger charge is 2.23. The van der Waals surface area contributed by atoms with Gasteiger partial charge in [-0.1, -0.05) is 17.7 Å². The van der Waals surface area contributed by atoms with Crippen LogP contribution in [0.25, 0.3) is 0 Å². The van der Waals surface area contributed by atoms with E-state index in [4.69, 9.17) is 9.47 Å². The van der Waals surface area contributed by atoms with E-state index < -0.39 is 6.29 Å². The number of benzene rings is 1. The summed E-state index contributed by atoms with van der Waals surface area (Å²) in [4.78, 5) is 0. The van der Waals surface area contributed by atoms with Crippen molar-refractivity contribution in [2.24, 2.45) is 0 Å². The fraction of sp³-hybridized carbons (Fsp3) is 0.500. The Balaban J connectivity index is 3.06. The molecule has 90 valence electrons. The topological polar surface area (TPSA) is 30.5 Å². The molecule has 0 heterocycles. The molecule has 0 spiro atoms. The first kappa shape index (κ1) is 13.1. The van der Waals surface area contributed by atoms with Crippen molar-refractivity contribution >= 4 is 0 Å². The molecule has 0 radical (unpaired) electrons. The van der Waals surface area contributed by atoms with Crippen molar-refractivity contribution in [2.75, 3.05) is 21.3 Å². The van der Waals surface area contributed by atoms with E-state index in [-0.39, 0.29) is 11.9 Å². The van der Waals surface area contributed by atoms with Gasteiger partial charge in [0, 0.05) is 19.8 Å². The minimum atomic E-state index is -0.513. The van der Waals surface area contributed by atoms with Gasteiger partial charge in [0.1, 0.15) is 5.82 Å². The summed E-state index contributed by atoms with van der Waals surface area (Å²) in [5, 5.41) is 3.00. The molecule has 0 saturated carbocycles. The van der Waals surface area contributed by atoms with E-state index in [0.29, 0.717) is 5.56 Å². The second kappa shape index (κ2) is 5.94. The minimum Gasteiger partial charge on any atom is -0.354 e. The quantitative estimate of drug-likeness (QED) is 0.781. The molecule has 1 atom stereocenters. The lowest BCUT2D eigenvalue weighted by Crippen LogP contribution is -2.33. The molecule has 0 aliphatic heterocycles. The lowest BCUT2D eigenvalue weighted by molar-refractivity contribution is -0.123. The third kappa shape index (κ3) is 2.78. The molecule has 1 rings (SSSR count). The van der Waals surface area contributed by atoms with Crippen LogP contribution in [0.2, 0.25) is 0 Å². The average molecular weight is 227 g/mol. The van der Waals surface area contributed by atoms with Gasteiger partial charge >= 0.3 is 0 Å². The average Bonchev–Trinajstić information content (AvgIpc) is 2.29. The molecule has 0 aromatic heterocycles. The Morgan fingerprint density at radius 1 is 1.25 bits per heavy atom. The van der Waals surface area contributed by atoms with Crippen molar-refractivity contribution in [3.8, 4) is 0 Å². The summed E-state index contributed by atoms with van der Waals surface area (Å²) in [6, 6.07) is 4.66. The molecule has 1 aromatic rings. The second-order valence-corrected chi connectivity index (χ2v) is 3.63. The molecule has 1 aromatic carbocycles. The van der Waals surface area contributed by atoms with Crippen LogP contribution in [0.15, 0.2) is 18.2 Å². The highest BCUT2D eigenvalue weighted by atomic mass is 19.1. The summed E-state index contributed by atoms with van der Waals surface area (Å²) in [6.45, 7) is 1.92. The summed E-state index contributed by atoms with van der Waals surface area (Å²) in [7, 11) is 4.82. The van der Waals surface area contributed by atoms with E-state index in [1.54, 1.807) is 19.2 Å². The Bertz CT molecular complexity index is 340. The molecule has 0 aliphatic carbocycles. The molecule has 0 amide bonds. The third-order valence-corrected chi connectivity index (χ3v) is 2.53. The number of likely N-dealkylation sites (N-methyl/N-ethyl adjacent to an activating group) is 1. The van der Waals surface area contributed by atoms with Crippen LogP contribution in [0.3, 0.4) is 0 Å². The van der Waals surface area contributed by atoms with Crippen molar-refractivity contribution in [1.82, 2.24) is 5.32 Å². The number of methoxy groups -OCH3 is 2. The molecule has 0 aliphatic rings. The van der Waals surface area contributed by atoms with Crippen LogP contribution >= 0.6 is 0 Å². The van der Waals surface area contributed by atoms with Crippen molar-refractivity contribution in [2.45, 2.75) is 19.3 Å². The molecule has 4 heteroatoms. The predicted octanol–water partition coefficient (Wildman–Crippen LogP) is 2.01. The highest BCUT2D eigenvalue weighted by Crippen LogP contribution is 2.23. The summed E-state index contributed by atoms with van der Waals surface area (Å²) in [6.07, 6.45) is -0.513. The van der Waals surface area contributed by atoms with E-state index >= 15 is 0 Å². The molecule has 0 bridgehead atoms. The molecule has 1 N–H and O–H groups in total. The SMILES string of the molecule is CNC(c1cc(C)ccc1F)C(OC)OC. The fourth-order valence-corrected chi connectivity index (χ4v) is 1.71. The maximum atomic E-state index is 13.7. The standard InChI is InChI=1S/C12H18FNO2/c1-8-5-6-10(13)9(7-8)11(14-2)12(15-3)16-4/h5-7,11-12,14H,1-4H3. The summed E-state index contributed by atoms with van der Waals surface area (Å²) in [5.74, 6) is -0.260. The zero-order valence-corrected chi connectivity index (χ0v) is 10.1. The van der Waals surface area contributed by atoms with Gasteiger partial charge < -0.3 is 14.8 Å². The number of ether oxygens (including phenoxy) is 2. The normalized spacial score (nSPS) is 13.1. The summed E-state index contributed by atoms with van der Waals surface area (Å²) in [5.41, 5.74) is 1.55. The number of rotatable bonds is 5. The van der Waals surface area contributed by atoms with Gasteiger partial charge in [-0.2, -0.15) is 0 Å². The Morgan fingerprint density at radius 2 is 1.88 bits per heavy atom. The first-order chi connectivity index (χ1) is 7.63. The van der Waals surface area contributed by atoms with Gasteiger partial charge in [-0.15, -0.1) is 0 Å². The largest absolute Gasteiger partial charge is 0.354 e. The predicted molar refractivity (Wildman–Crippen MR) is 60.7 cm³/mol. The van der Waals surface area contributed by atoms with Crippen LogP contribution in [0.4, 0.5) is 4.39 Å². The molecule has 0 saturated heterocycles. The molecule has 16 heavy (non-hydrogen) atoms. The van der Waals surface area contributed by atoms with E-state index in [1.807, 2.05) is 6.92 Å². The van der Waals surface area contributed by atoms with Crippen LogP contribution < -0.4 is 5.32 Å². The molecular weight excluding hydrogens is 209 g/mol. The van der Waals surface area contributed by atoms with Gasteiger partial charge in [0.25, 0.3) is 0 Å². The van der Waals surface area contributed by atoms with Crippen molar-refractivity contribution < 1.29 is 13.9 Å². The maximum absolute atomic E-state index is 13.7. The van der Waals surface area contributed by atoms with E-state index in [1.165, 1.54) is 20.3 Å². The van der Waals surface area contributed by atoms with Crippen molar-refractivity contribution in [3.63, 3.8) is 0 Å². The van der Waals surface area contributed by atoms with Gasteiger partial charge in [-0.3, -0.25) is 0 Å². The first-order valence-corrected chi connectivity index (χ1v) is 5.13. The summed E-state index contributed by atoms with van der Waals surface area (Å²) >= 11 is 0. The Hall–Kier alpha value is -0.970. The minimum absolute atomic E-state index is 0.260. The number of aryl methyl sites for hydroxylation is 1. The fourth-order valence-electron chi connectivity index (χ4n) is 1.71. The number of halogens is 1. The molecular formula is C12H18FNO2. The van der Waals surface area contributed by atoms with Gasteiger partial charge in [0.15, 0.2) is 6.29 Å². The van der Waals surface area contributed by atoms with Gasteiger partial charge in [-0.05, 0) is 20.0 Å². The van der Waals surface area contributed by atoms with Crippen LogP contribution in [0.5, 0.6) is 0 Å². The molecule has 1 unspecified atom stereocenters. The lowest BCUT2D eigenvalue weighted by atomic mass is 10.0. The Labute approximate surface area is 95.6 Å². The smallest absolute Gasteiger partial charge is 0.176 e. The molecule has 0 fully saturated rings. The zero-order valence-electron chi connectivity index (χ0n) is 10.1. The first-order valence-electron chi connectivity index (χ1n) is 5.13. The maximum Gasteiger partial charge on any atom is 0.176 e. The van der Waals surface area contributed by atoms with Crippen molar-refractivity contribution in [1.29, 1.82) is 0 Å². The Kier molecular flexibility index (Phi) is 4.86. The monoisotopic (exact) mass is 227 g/mol. The number of hydrogen-bond donors (Lipinski definition) is 1. The van der Waals surface area contributed by atoms with E-state index in [2.05, 4.69) is 5.32 Å². The summed E-state index contributed by atoms with van der Waals surface area (Å²) < 4.78 is 24.0. The molecule has 3 nitrogen and oxygen atoms in total. The van der Waals surface area contributed by atoms with E-state index in [0.717, 1.165) is 5.56 Å².